The van der Waals surface area contributed by atoms with Crippen molar-refractivity contribution in [1.29, 1.82) is 0 Å². The van der Waals surface area contributed by atoms with E-state index in [1.807, 2.05) is 0 Å². The number of ether oxygens (including phenoxy) is 1. The van der Waals surface area contributed by atoms with Crippen LogP contribution in [0.4, 0.5) is 0 Å². The van der Waals surface area contributed by atoms with Gasteiger partial charge in [0.1, 0.15) is 0 Å². The quantitative estimate of drug-likeness (QED) is 0.629. The van der Waals surface area contributed by atoms with Crippen LogP contribution in [0.25, 0.3) is 0 Å². The molecule has 1 aliphatic carbocycles. The summed E-state index contributed by atoms with van der Waals surface area (Å²) < 4.78 is 5.16. The lowest BCUT2D eigenvalue weighted by Gasteiger charge is -2.14. The van der Waals surface area contributed by atoms with E-state index in [-0.39, 0.29) is 6.10 Å². The van der Waals surface area contributed by atoms with Crippen molar-refractivity contribution in [3.63, 3.8) is 0 Å². The highest BCUT2D eigenvalue weighted by Gasteiger charge is 2.45. The lowest BCUT2D eigenvalue weighted by Crippen LogP contribution is -2.36. The summed E-state index contributed by atoms with van der Waals surface area (Å²) >= 11 is 0. The fraction of sp³-hybridized carbons (Fsp3) is 1.00. The SMILES string of the molecule is COC(CN)CNC1CC1(C)C. The molecule has 0 aromatic heterocycles. The molecule has 0 heterocycles. The zero-order valence-electron chi connectivity index (χ0n) is 8.26. The normalized spacial score (nSPS) is 28.5. The van der Waals surface area contributed by atoms with Crippen LogP contribution < -0.4 is 11.1 Å². The Bertz CT molecular complexity index is 141. The Hall–Kier alpha value is -0.120. The van der Waals surface area contributed by atoms with Crippen molar-refractivity contribution in [2.75, 3.05) is 20.2 Å². The summed E-state index contributed by atoms with van der Waals surface area (Å²) in [6.07, 6.45) is 1.44. The van der Waals surface area contributed by atoms with Crippen LogP contribution in [0.5, 0.6) is 0 Å². The molecule has 0 amide bonds. The number of rotatable bonds is 5. The van der Waals surface area contributed by atoms with Gasteiger partial charge in [0.05, 0.1) is 6.10 Å². The average Bonchev–Trinajstić information content (AvgIpc) is 2.61. The first-order valence-electron chi connectivity index (χ1n) is 4.56. The molecular weight excluding hydrogens is 152 g/mol. The highest BCUT2D eigenvalue weighted by Crippen LogP contribution is 2.44. The van der Waals surface area contributed by atoms with Crippen LogP contribution in [-0.2, 0) is 4.74 Å². The Morgan fingerprint density at radius 2 is 2.25 bits per heavy atom. The van der Waals surface area contributed by atoms with Crippen LogP contribution in [-0.4, -0.2) is 32.3 Å². The van der Waals surface area contributed by atoms with Gasteiger partial charge in [0.2, 0.25) is 0 Å². The zero-order chi connectivity index (χ0) is 9.19. The first kappa shape index (κ1) is 9.96. The lowest BCUT2D eigenvalue weighted by molar-refractivity contribution is 0.107. The molecule has 12 heavy (non-hydrogen) atoms. The molecule has 0 aliphatic heterocycles. The van der Waals surface area contributed by atoms with Crippen molar-refractivity contribution in [2.45, 2.75) is 32.4 Å². The highest BCUT2D eigenvalue weighted by atomic mass is 16.5. The molecule has 0 aromatic rings. The Kier molecular flexibility index (Phi) is 3.09. The summed E-state index contributed by atoms with van der Waals surface area (Å²) in [6.45, 7) is 6.02. The second-order valence-corrected chi connectivity index (χ2v) is 4.25. The van der Waals surface area contributed by atoms with Gasteiger partial charge in [-0.2, -0.15) is 0 Å². The zero-order valence-corrected chi connectivity index (χ0v) is 8.26. The van der Waals surface area contributed by atoms with Gasteiger partial charge in [-0.25, -0.2) is 0 Å². The van der Waals surface area contributed by atoms with E-state index >= 15 is 0 Å². The standard InChI is InChI=1S/C9H20N2O/c1-9(2)4-8(9)11-6-7(5-10)12-3/h7-8,11H,4-6,10H2,1-3H3. The van der Waals surface area contributed by atoms with E-state index in [9.17, 15) is 0 Å². The molecule has 1 aliphatic rings. The van der Waals surface area contributed by atoms with E-state index in [2.05, 4.69) is 19.2 Å². The second kappa shape index (κ2) is 3.73. The van der Waals surface area contributed by atoms with E-state index in [0.717, 1.165) is 6.54 Å². The molecule has 0 bridgehead atoms. The Morgan fingerprint density at radius 1 is 1.67 bits per heavy atom. The van der Waals surface area contributed by atoms with Crippen LogP contribution in [0.15, 0.2) is 0 Å². The predicted octanol–water partition coefficient (Wildman–Crippen LogP) is 0.348. The minimum absolute atomic E-state index is 0.168. The van der Waals surface area contributed by atoms with Gasteiger partial charge in [-0.3, -0.25) is 0 Å². The third kappa shape index (κ3) is 2.44. The van der Waals surface area contributed by atoms with Gasteiger partial charge < -0.3 is 15.8 Å². The number of nitrogens with one attached hydrogen (secondary N) is 1. The highest BCUT2D eigenvalue weighted by molar-refractivity contribution is 5.01. The van der Waals surface area contributed by atoms with Crippen LogP contribution in [0.1, 0.15) is 20.3 Å². The fourth-order valence-electron chi connectivity index (χ4n) is 1.35. The van der Waals surface area contributed by atoms with Crippen molar-refractivity contribution in [2.24, 2.45) is 11.1 Å². The van der Waals surface area contributed by atoms with Crippen molar-refractivity contribution in [3.8, 4) is 0 Å². The van der Waals surface area contributed by atoms with Gasteiger partial charge in [-0.1, -0.05) is 13.8 Å². The molecule has 1 fully saturated rings. The molecule has 3 heteroatoms. The average molecular weight is 172 g/mol. The molecular formula is C9H20N2O. The van der Waals surface area contributed by atoms with E-state index in [0.29, 0.717) is 18.0 Å². The smallest absolute Gasteiger partial charge is 0.0817 e. The Labute approximate surface area is 74.7 Å². The number of methoxy groups -OCH3 is 1. The van der Waals surface area contributed by atoms with Crippen LogP contribution in [0.3, 0.4) is 0 Å². The number of hydrogen-bond donors (Lipinski definition) is 2. The summed E-state index contributed by atoms with van der Waals surface area (Å²) in [6, 6.07) is 0.668. The first-order chi connectivity index (χ1) is 5.60. The van der Waals surface area contributed by atoms with Crippen LogP contribution in [0.2, 0.25) is 0 Å². The maximum absolute atomic E-state index is 5.49. The summed E-state index contributed by atoms with van der Waals surface area (Å²) in [5.74, 6) is 0. The minimum Gasteiger partial charge on any atom is -0.379 e. The van der Waals surface area contributed by atoms with Gasteiger partial charge in [0.15, 0.2) is 0 Å². The molecule has 2 unspecified atom stereocenters. The molecule has 0 saturated heterocycles. The van der Waals surface area contributed by atoms with Crippen molar-refractivity contribution < 1.29 is 4.74 Å². The van der Waals surface area contributed by atoms with Gasteiger partial charge in [-0.05, 0) is 11.8 Å². The molecule has 0 aromatic carbocycles. The fourth-order valence-corrected chi connectivity index (χ4v) is 1.35. The van der Waals surface area contributed by atoms with Crippen molar-refractivity contribution in [3.05, 3.63) is 0 Å². The largest absolute Gasteiger partial charge is 0.379 e. The number of hydrogen-bond acceptors (Lipinski definition) is 3. The number of nitrogens with two attached hydrogens (primary N) is 1. The van der Waals surface area contributed by atoms with Gasteiger partial charge >= 0.3 is 0 Å². The van der Waals surface area contributed by atoms with E-state index in [1.165, 1.54) is 6.42 Å². The summed E-state index contributed by atoms with van der Waals surface area (Å²) in [4.78, 5) is 0. The molecule has 2 atom stereocenters. The topological polar surface area (TPSA) is 47.3 Å². The maximum atomic E-state index is 5.49. The first-order valence-corrected chi connectivity index (χ1v) is 4.56. The van der Waals surface area contributed by atoms with E-state index in [4.69, 9.17) is 10.5 Å². The summed E-state index contributed by atoms with van der Waals surface area (Å²) in [7, 11) is 1.71. The van der Waals surface area contributed by atoms with E-state index < -0.39 is 0 Å². The Balaban J connectivity index is 2.10. The third-order valence-corrected chi connectivity index (χ3v) is 2.70. The van der Waals surface area contributed by atoms with Gasteiger partial charge in [0.25, 0.3) is 0 Å². The van der Waals surface area contributed by atoms with E-state index in [1.54, 1.807) is 7.11 Å². The molecule has 1 saturated carbocycles. The lowest BCUT2D eigenvalue weighted by atomic mass is 10.2. The molecule has 0 spiro atoms. The maximum Gasteiger partial charge on any atom is 0.0817 e. The van der Waals surface area contributed by atoms with Crippen LogP contribution in [0, 0.1) is 5.41 Å². The van der Waals surface area contributed by atoms with Gasteiger partial charge in [0, 0.05) is 26.2 Å². The van der Waals surface area contributed by atoms with Crippen molar-refractivity contribution >= 4 is 0 Å². The summed E-state index contributed by atoms with van der Waals surface area (Å²) in [5, 5.41) is 3.44. The molecule has 3 nitrogen and oxygen atoms in total. The molecule has 3 N–H and O–H groups in total. The summed E-state index contributed by atoms with van der Waals surface area (Å²) in [5.41, 5.74) is 5.99. The molecule has 72 valence electrons. The molecule has 0 radical (unpaired) electrons. The third-order valence-electron chi connectivity index (χ3n) is 2.70. The van der Waals surface area contributed by atoms with Crippen LogP contribution >= 0.6 is 0 Å². The monoisotopic (exact) mass is 172 g/mol. The molecule has 1 rings (SSSR count). The van der Waals surface area contributed by atoms with Gasteiger partial charge in [-0.15, -0.1) is 0 Å². The minimum atomic E-state index is 0.168. The van der Waals surface area contributed by atoms with Crippen molar-refractivity contribution in [1.82, 2.24) is 5.32 Å². The second-order valence-electron chi connectivity index (χ2n) is 4.25. The predicted molar refractivity (Wildman–Crippen MR) is 50.0 cm³/mol. The Morgan fingerprint density at radius 3 is 2.58 bits per heavy atom.